The molecule has 0 saturated heterocycles. The maximum atomic E-state index is 10.7. The Morgan fingerprint density at radius 1 is 1.58 bits per heavy atom. The molecule has 8 heteroatoms. The summed E-state index contributed by atoms with van der Waals surface area (Å²) < 4.78 is 18.8. The summed E-state index contributed by atoms with van der Waals surface area (Å²) in [5.74, 6) is 0. The first kappa shape index (κ1) is 12.2. The Labute approximate surface area is 79.1 Å². The molecule has 0 heterocycles. The van der Waals surface area contributed by atoms with Crippen LogP contribution in [-0.2, 0) is 13.6 Å². The van der Waals surface area contributed by atoms with Crippen molar-refractivity contribution in [3.05, 3.63) is 10.8 Å². The van der Waals surface area contributed by atoms with Gasteiger partial charge in [-0.05, 0) is 0 Å². The second kappa shape index (κ2) is 5.80. The Morgan fingerprint density at radius 2 is 2.17 bits per heavy atom. The van der Waals surface area contributed by atoms with Gasteiger partial charge in [-0.1, -0.05) is 23.2 Å². The quantitative estimate of drug-likeness (QED) is 0.558. The summed E-state index contributed by atoms with van der Waals surface area (Å²) >= 11 is 10.2. The van der Waals surface area contributed by atoms with Gasteiger partial charge < -0.3 is 9.63 Å². The van der Waals surface area contributed by atoms with Crippen molar-refractivity contribution in [1.82, 2.24) is 0 Å². The first-order chi connectivity index (χ1) is 5.48. The van der Waals surface area contributed by atoms with E-state index in [0.29, 0.717) is 6.26 Å². The van der Waals surface area contributed by atoms with Gasteiger partial charge in [0.05, 0.1) is 13.2 Å². The van der Waals surface area contributed by atoms with Crippen LogP contribution in [0, 0.1) is 0 Å². The molecule has 0 radical (unpaired) electrons. The average molecular weight is 237 g/mol. The van der Waals surface area contributed by atoms with Crippen molar-refractivity contribution in [2.45, 2.75) is 0 Å². The zero-order chi connectivity index (χ0) is 9.61. The number of hydrogen-bond donors (Lipinski definition) is 2. The van der Waals surface area contributed by atoms with Crippen molar-refractivity contribution in [1.29, 1.82) is 0 Å². The molecule has 0 aromatic carbocycles. The van der Waals surface area contributed by atoms with Gasteiger partial charge in [-0.2, -0.15) is 0 Å². The molecule has 0 aromatic rings. The van der Waals surface area contributed by atoms with E-state index in [0.717, 1.165) is 0 Å². The van der Waals surface area contributed by atoms with Crippen LogP contribution in [0.2, 0.25) is 0 Å². The lowest BCUT2D eigenvalue weighted by Gasteiger charge is -2.08. The molecule has 0 aliphatic carbocycles. The van der Waals surface area contributed by atoms with E-state index in [1.165, 1.54) is 0 Å². The summed E-state index contributed by atoms with van der Waals surface area (Å²) in [7, 11) is -4.17. The highest BCUT2D eigenvalue weighted by Crippen LogP contribution is 2.43. The predicted octanol–water partition coefficient (Wildman–Crippen LogP) is 1.39. The molecule has 0 aliphatic rings. The second-order valence-corrected chi connectivity index (χ2v) is 3.95. The number of rotatable bonds is 5. The van der Waals surface area contributed by atoms with Gasteiger partial charge in [0, 0.05) is 0 Å². The molecule has 2 N–H and O–H groups in total. The topological polar surface area (TPSA) is 76.0 Å². The third-order valence-corrected chi connectivity index (χ3v) is 1.68. The van der Waals surface area contributed by atoms with Crippen molar-refractivity contribution in [2.24, 2.45) is 0 Å². The van der Waals surface area contributed by atoms with Crippen LogP contribution >= 0.6 is 31.0 Å². The maximum Gasteiger partial charge on any atom is 0.527 e. The van der Waals surface area contributed by atoms with Crippen LogP contribution < -0.4 is 0 Å². The van der Waals surface area contributed by atoms with E-state index in [2.05, 4.69) is 9.05 Å². The van der Waals surface area contributed by atoms with Crippen molar-refractivity contribution >= 4 is 31.0 Å². The van der Waals surface area contributed by atoms with Gasteiger partial charge in [0.25, 0.3) is 0 Å². The van der Waals surface area contributed by atoms with E-state index < -0.39 is 7.82 Å². The molecule has 0 saturated carbocycles. The summed E-state index contributed by atoms with van der Waals surface area (Å²) in [6.45, 7) is -0.687. The molecule has 0 rings (SSSR count). The Kier molecular flexibility index (Phi) is 5.92. The minimum absolute atomic E-state index is 0.304. The zero-order valence-corrected chi connectivity index (χ0v) is 8.22. The Hall–Kier alpha value is 0.230. The van der Waals surface area contributed by atoms with Gasteiger partial charge in [0.15, 0.2) is 0 Å². The van der Waals surface area contributed by atoms with E-state index >= 15 is 0 Å². The van der Waals surface area contributed by atoms with E-state index in [1.54, 1.807) is 0 Å². The summed E-state index contributed by atoms with van der Waals surface area (Å²) in [5, 5.41) is 8.23. The largest absolute Gasteiger partial charge is 0.527 e. The van der Waals surface area contributed by atoms with Gasteiger partial charge >= 0.3 is 7.82 Å². The van der Waals surface area contributed by atoms with E-state index in [1.807, 2.05) is 0 Å². The molecule has 12 heavy (non-hydrogen) atoms. The monoisotopic (exact) mass is 236 g/mol. The van der Waals surface area contributed by atoms with Crippen LogP contribution in [0.3, 0.4) is 0 Å². The standard InChI is InChI=1S/C4H7Cl2O5P/c5-4(6)3-11-12(8,9)10-2-1-7/h3,7H,1-2H2,(H,8,9). The van der Waals surface area contributed by atoms with Crippen LogP contribution in [-0.4, -0.2) is 23.2 Å². The van der Waals surface area contributed by atoms with Crippen LogP contribution in [0.4, 0.5) is 0 Å². The van der Waals surface area contributed by atoms with Gasteiger partial charge in [0.1, 0.15) is 10.8 Å². The minimum atomic E-state index is -4.17. The number of hydrogen-bond acceptors (Lipinski definition) is 4. The Bertz CT molecular complexity index is 202. The molecule has 0 amide bonds. The smallest absolute Gasteiger partial charge is 0.410 e. The molecule has 0 spiro atoms. The SMILES string of the molecule is O=P(O)(OC=C(Cl)Cl)OCCO. The highest BCUT2D eigenvalue weighted by molar-refractivity contribution is 7.47. The number of phosphoric ester groups is 1. The third kappa shape index (κ3) is 6.91. The second-order valence-electron chi connectivity index (χ2n) is 1.54. The lowest BCUT2D eigenvalue weighted by Crippen LogP contribution is -1.97. The van der Waals surface area contributed by atoms with Crippen molar-refractivity contribution < 1.29 is 23.6 Å². The molecule has 5 nitrogen and oxygen atoms in total. The number of phosphoric acid groups is 1. The fourth-order valence-electron chi connectivity index (χ4n) is 0.293. The molecular weight excluding hydrogens is 230 g/mol. The summed E-state index contributed by atoms with van der Waals surface area (Å²) in [5.41, 5.74) is 0. The zero-order valence-electron chi connectivity index (χ0n) is 5.81. The summed E-state index contributed by atoms with van der Waals surface area (Å²) in [6.07, 6.45) is 0.668. The van der Waals surface area contributed by atoms with E-state index in [4.69, 9.17) is 33.2 Å². The lowest BCUT2D eigenvalue weighted by atomic mass is 10.8. The number of halogens is 2. The van der Waals surface area contributed by atoms with Crippen LogP contribution in [0.5, 0.6) is 0 Å². The highest BCUT2D eigenvalue weighted by atomic mass is 35.5. The molecule has 72 valence electrons. The van der Waals surface area contributed by atoms with E-state index in [-0.39, 0.29) is 17.7 Å². The molecule has 0 aromatic heterocycles. The average Bonchev–Trinajstić information content (AvgIpc) is 1.98. The Balaban J connectivity index is 3.88. The van der Waals surface area contributed by atoms with Gasteiger partial charge in [-0.25, -0.2) is 4.57 Å². The lowest BCUT2D eigenvalue weighted by molar-refractivity contribution is 0.147. The van der Waals surface area contributed by atoms with Crippen LogP contribution in [0.15, 0.2) is 10.8 Å². The predicted molar refractivity (Wildman–Crippen MR) is 43.7 cm³/mol. The molecule has 0 bridgehead atoms. The summed E-state index contributed by atoms with van der Waals surface area (Å²) in [4.78, 5) is 8.73. The molecule has 1 unspecified atom stereocenters. The first-order valence-electron chi connectivity index (χ1n) is 2.75. The molecule has 0 aliphatic heterocycles. The third-order valence-electron chi connectivity index (χ3n) is 0.621. The van der Waals surface area contributed by atoms with Gasteiger partial charge in [-0.3, -0.25) is 9.42 Å². The minimum Gasteiger partial charge on any atom is -0.410 e. The fourth-order valence-corrected chi connectivity index (χ4v) is 1.12. The summed E-state index contributed by atoms with van der Waals surface area (Å²) in [6, 6.07) is 0. The van der Waals surface area contributed by atoms with Crippen LogP contribution in [0.25, 0.3) is 0 Å². The normalized spacial score (nSPS) is 15.0. The maximum absolute atomic E-state index is 10.7. The van der Waals surface area contributed by atoms with Gasteiger partial charge in [-0.15, -0.1) is 0 Å². The van der Waals surface area contributed by atoms with Crippen molar-refractivity contribution in [2.75, 3.05) is 13.2 Å². The number of aliphatic hydroxyl groups is 1. The first-order valence-corrected chi connectivity index (χ1v) is 5.01. The molecule has 1 atom stereocenters. The van der Waals surface area contributed by atoms with Gasteiger partial charge in [0.2, 0.25) is 0 Å². The van der Waals surface area contributed by atoms with Crippen LogP contribution in [0.1, 0.15) is 0 Å². The molecule has 0 fully saturated rings. The van der Waals surface area contributed by atoms with E-state index in [9.17, 15) is 4.57 Å². The molecular formula is C4H7Cl2O5P. The Morgan fingerprint density at radius 3 is 2.58 bits per heavy atom. The highest BCUT2D eigenvalue weighted by Gasteiger charge is 2.20. The number of aliphatic hydroxyl groups excluding tert-OH is 1. The van der Waals surface area contributed by atoms with Crippen molar-refractivity contribution in [3.8, 4) is 0 Å². The fraction of sp³-hybridized carbons (Fsp3) is 0.500. The van der Waals surface area contributed by atoms with Crippen molar-refractivity contribution in [3.63, 3.8) is 0 Å².